The summed E-state index contributed by atoms with van der Waals surface area (Å²) in [6.45, 7) is 2.38. The van der Waals surface area contributed by atoms with Gasteiger partial charge in [0.2, 0.25) is 0 Å². The van der Waals surface area contributed by atoms with Crippen molar-refractivity contribution in [1.29, 1.82) is 0 Å². The molecule has 11 rings (SSSR count). The number of rotatable bonds is 5. The minimum Gasteiger partial charge on any atom is -0.228 e. The molecule has 0 spiro atoms. The number of nitrogens with zero attached hydrogens (tertiary/aromatic N) is 2. The molecule has 0 aliphatic heterocycles. The van der Waals surface area contributed by atoms with Crippen LogP contribution in [0.1, 0.15) is 23.6 Å². The Hall–Kier alpha value is -7.16. The largest absolute Gasteiger partial charge is 0.228 e. The van der Waals surface area contributed by atoms with Gasteiger partial charge in [-0.2, -0.15) is 0 Å². The fourth-order valence-corrected chi connectivity index (χ4v) is 9.36. The third-order valence-corrected chi connectivity index (χ3v) is 12.0. The minimum absolute atomic E-state index is 0.401. The molecule has 0 amide bonds. The number of hydrogen-bond donors (Lipinski definition) is 0. The van der Waals surface area contributed by atoms with Crippen molar-refractivity contribution in [2.24, 2.45) is 0 Å². The van der Waals surface area contributed by atoms with Crippen LogP contribution in [-0.2, 0) is 5.41 Å². The smallest absolute Gasteiger partial charge is 0.161 e. The van der Waals surface area contributed by atoms with Crippen molar-refractivity contribution in [3.63, 3.8) is 0 Å². The van der Waals surface area contributed by atoms with Crippen LogP contribution >= 0.6 is 0 Å². The van der Waals surface area contributed by atoms with Gasteiger partial charge in [0, 0.05) is 22.1 Å². The second-order valence-electron chi connectivity index (χ2n) is 15.0. The van der Waals surface area contributed by atoms with Gasteiger partial charge in [-0.1, -0.05) is 188 Å². The maximum absolute atomic E-state index is 5.67. The van der Waals surface area contributed by atoms with E-state index in [0.29, 0.717) is 5.82 Å². The van der Waals surface area contributed by atoms with Gasteiger partial charge >= 0.3 is 0 Å². The molecule has 9 aromatic carbocycles. The average molecular weight is 713 g/mol. The van der Waals surface area contributed by atoms with Gasteiger partial charge in [0.1, 0.15) is 0 Å². The van der Waals surface area contributed by atoms with Crippen molar-refractivity contribution in [2.75, 3.05) is 0 Å². The molecule has 0 bridgehead atoms. The lowest BCUT2D eigenvalue weighted by Gasteiger charge is -2.30. The van der Waals surface area contributed by atoms with E-state index in [0.717, 1.165) is 50.0 Å². The monoisotopic (exact) mass is 712 g/mol. The molecule has 0 fully saturated rings. The SMILES string of the molecule is CC1(c2ccccc2)c2ccccc2-c2cccc(-c3cc(-c4ccccc4-c4ccccc4)nc(-c4c5ccccc5cc5c4ccc4ccccc45)n3)c21. The third kappa shape index (κ3) is 4.89. The van der Waals surface area contributed by atoms with Crippen LogP contribution in [0, 0.1) is 0 Å². The average Bonchev–Trinajstić information content (AvgIpc) is 3.54. The van der Waals surface area contributed by atoms with Crippen LogP contribution in [0.5, 0.6) is 0 Å². The highest BCUT2D eigenvalue weighted by atomic mass is 14.9. The first kappa shape index (κ1) is 32.3. The predicted molar refractivity (Wildman–Crippen MR) is 234 cm³/mol. The van der Waals surface area contributed by atoms with Gasteiger partial charge in [0.25, 0.3) is 0 Å². The Bertz CT molecular complexity index is 3150. The Morgan fingerprint density at radius 2 is 0.964 bits per heavy atom. The van der Waals surface area contributed by atoms with Gasteiger partial charge in [-0.3, -0.25) is 0 Å². The first-order valence-electron chi connectivity index (χ1n) is 19.3. The Morgan fingerprint density at radius 3 is 1.77 bits per heavy atom. The molecule has 0 saturated heterocycles. The van der Waals surface area contributed by atoms with Crippen molar-refractivity contribution >= 4 is 32.3 Å². The summed E-state index contributed by atoms with van der Waals surface area (Å²) < 4.78 is 0. The van der Waals surface area contributed by atoms with Crippen LogP contribution in [0.4, 0.5) is 0 Å². The quantitative estimate of drug-likeness (QED) is 0.131. The zero-order chi connectivity index (χ0) is 37.2. The highest BCUT2D eigenvalue weighted by Gasteiger charge is 2.42. The molecule has 2 nitrogen and oxygen atoms in total. The molecule has 0 radical (unpaired) electrons. The van der Waals surface area contributed by atoms with E-state index in [-0.39, 0.29) is 0 Å². The first-order chi connectivity index (χ1) is 27.7. The van der Waals surface area contributed by atoms with Crippen LogP contribution in [-0.4, -0.2) is 9.97 Å². The molecule has 1 aromatic heterocycles. The highest BCUT2D eigenvalue weighted by molar-refractivity contribution is 6.19. The van der Waals surface area contributed by atoms with E-state index in [1.807, 2.05) is 0 Å². The zero-order valence-corrected chi connectivity index (χ0v) is 30.9. The Balaban J connectivity index is 1.26. The second kappa shape index (κ2) is 12.7. The Kier molecular flexibility index (Phi) is 7.33. The van der Waals surface area contributed by atoms with Crippen molar-refractivity contribution in [3.05, 3.63) is 217 Å². The molecular formula is C54H36N2. The van der Waals surface area contributed by atoms with E-state index >= 15 is 0 Å². The second-order valence-corrected chi connectivity index (χ2v) is 15.0. The molecule has 1 aliphatic carbocycles. The molecule has 1 aliphatic rings. The van der Waals surface area contributed by atoms with Gasteiger partial charge in [0.15, 0.2) is 5.82 Å². The fraction of sp³-hybridized carbons (Fsp3) is 0.0370. The zero-order valence-electron chi connectivity index (χ0n) is 30.9. The molecule has 1 heterocycles. The first-order valence-corrected chi connectivity index (χ1v) is 19.3. The van der Waals surface area contributed by atoms with Crippen molar-refractivity contribution in [2.45, 2.75) is 12.3 Å². The fourth-order valence-electron chi connectivity index (χ4n) is 9.36. The molecule has 0 saturated carbocycles. The number of benzene rings is 9. The van der Waals surface area contributed by atoms with E-state index in [4.69, 9.17) is 9.97 Å². The van der Waals surface area contributed by atoms with Crippen molar-refractivity contribution < 1.29 is 0 Å². The molecular weight excluding hydrogens is 677 g/mol. The van der Waals surface area contributed by atoms with Crippen LogP contribution in [0.2, 0.25) is 0 Å². The maximum atomic E-state index is 5.67. The molecule has 1 unspecified atom stereocenters. The molecule has 262 valence electrons. The summed E-state index contributed by atoms with van der Waals surface area (Å²) in [7, 11) is 0. The minimum atomic E-state index is -0.401. The van der Waals surface area contributed by atoms with E-state index in [9.17, 15) is 0 Å². The summed E-state index contributed by atoms with van der Waals surface area (Å²) in [6, 6.07) is 72.2. The summed E-state index contributed by atoms with van der Waals surface area (Å²) in [5, 5.41) is 7.08. The van der Waals surface area contributed by atoms with Crippen LogP contribution < -0.4 is 0 Å². The van der Waals surface area contributed by atoms with E-state index in [2.05, 4.69) is 207 Å². The lowest BCUT2D eigenvalue weighted by molar-refractivity contribution is 0.715. The Morgan fingerprint density at radius 1 is 0.375 bits per heavy atom. The van der Waals surface area contributed by atoms with Crippen LogP contribution in [0.3, 0.4) is 0 Å². The van der Waals surface area contributed by atoms with Gasteiger partial charge < -0.3 is 0 Å². The summed E-state index contributed by atoms with van der Waals surface area (Å²) in [4.78, 5) is 11.3. The predicted octanol–water partition coefficient (Wildman–Crippen LogP) is 13.9. The molecule has 0 N–H and O–H groups in total. The normalized spacial score (nSPS) is 14.6. The summed E-state index contributed by atoms with van der Waals surface area (Å²) >= 11 is 0. The highest BCUT2D eigenvalue weighted by Crippen LogP contribution is 2.55. The molecule has 56 heavy (non-hydrogen) atoms. The van der Waals surface area contributed by atoms with Gasteiger partial charge in [-0.15, -0.1) is 0 Å². The van der Waals surface area contributed by atoms with Crippen molar-refractivity contribution in [1.82, 2.24) is 9.97 Å². The van der Waals surface area contributed by atoms with Gasteiger partial charge in [-0.25, -0.2) is 9.97 Å². The van der Waals surface area contributed by atoms with E-state index < -0.39 is 5.41 Å². The van der Waals surface area contributed by atoms with E-state index in [1.165, 1.54) is 49.4 Å². The maximum Gasteiger partial charge on any atom is 0.161 e. The van der Waals surface area contributed by atoms with E-state index in [1.54, 1.807) is 0 Å². The summed E-state index contributed by atoms with van der Waals surface area (Å²) in [6.07, 6.45) is 0. The lowest BCUT2D eigenvalue weighted by atomic mass is 9.72. The molecule has 10 aromatic rings. The van der Waals surface area contributed by atoms with Crippen LogP contribution in [0.15, 0.2) is 200 Å². The Labute approximate surface area is 326 Å². The van der Waals surface area contributed by atoms with Crippen molar-refractivity contribution in [3.8, 4) is 56.2 Å². The summed E-state index contributed by atoms with van der Waals surface area (Å²) in [5.74, 6) is 0.715. The van der Waals surface area contributed by atoms with Crippen LogP contribution in [0.25, 0.3) is 88.5 Å². The molecule has 2 heteroatoms. The van der Waals surface area contributed by atoms with Gasteiger partial charge in [-0.05, 0) is 90.3 Å². The standard InChI is InChI=1S/C54H36N2/c1-54(38-21-6-3-7-22-38)48-30-15-14-26-42(48)45-28-16-29-46(52(45)54)50-34-49(43-27-13-12-23-39(43)35-17-4-2-5-18-35)55-53(56-50)51-41-25-11-9-20-37(41)33-47-40-24-10-8-19-36(40)31-32-44(47)51/h2-34H,1H3. The van der Waals surface area contributed by atoms with Gasteiger partial charge in [0.05, 0.1) is 11.4 Å². The number of fused-ring (bicyclic) bond motifs is 7. The topological polar surface area (TPSA) is 25.8 Å². The summed E-state index contributed by atoms with van der Waals surface area (Å²) in [5.41, 5.74) is 13.3. The number of hydrogen-bond acceptors (Lipinski definition) is 2. The molecule has 1 atom stereocenters. The number of aromatic nitrogens is 2. The lowest BCUT2D eigenvalue weighted by Crippen LogP contribution is -2.23. The third-order valence-electron chi connectivity index (χ3n) is 12.0.